The molecular weight excluding hydrogens is 180 g/mol. The number of para-hydroxylation sites is 1. The van der Waals surface area contributed by atoms with Gasteiger partial charge in [-0.05, 0) is 12.1 Å². The van der Waals surface area contributed by atoms with E-state index < -0.39 is 0 Å². The lowest BCUT2D eigenvalue weighted by atomic mass is 10.3. The van der Waals surface area contributed by atoms with E-state index in [-0.39, 0.29) is 12.3 Å². The van der Waals surface area contributed by atoms with Crippen molar-refractivity contribution >= 4 is 17.3 Å². The van der Waals surface area contributed by atoms with Crippen LogP contribution in [0.3, 0.4) is 0 Å². The number of carbonyl (C=O) groups excluding carboxylic acids is 1. The van der Waals surface area contributed by atoms with Crippen molar-refractivity contribution in [1.29, 1.82) is 0 Å². The Balaban J connectivity index is 2.41. The molecule has 72 valence electrons. The zero-order valence-electron chi connectivity index (χ0n) is 7.80. The van der Waals surface area contributed by atoms with Gasteiger partial charge < -0.3 is 5.21 Å². The maximum atomic E-state index is 11.5. The number of hydrazine groups is 1. The first-order valence-electron chi connectivity index (χ1n) is 4.38. The van der Waals surface area contributed by atoms with Crippen LogP contribution in [-0.4, -0.2) is 16.5 Å². The minimum absolute atomic E-state index is 0.177. The number of carbonyl (C=O) groups is 1. The lowest BCUT2D eigenvalue weighted by Crippen LogP contribution is -2.31. The first-order valence-corrected chi connectivity index (χ1v) is 4.38. The number of amides is 1. The number of anilines is 1. The summed E-state index contributed by atoms with van der Waals surface area (Å²) in [6.45, 7) is 1.66. The fourth-order valence-corrected chi connectivity index (χ4v) is 1.45. The van der Waals surface area contributed by atoms with Gasteiger partial charge in [0.2, 0.25) is 5.71 Å². The van der Waals surface area contributed by atoms with Crippen LogP contribution in [0.25, 0.3) is 0 Å². The van der Waals surface area contributed by atoms with Gasteiger partial charge in [0.25, 0.3) is 5.91 Å². The number of rotatable bonds is 1. The predicted octanol–water partition coefficient (Wildman–Crippen LogP) is 1.31. The smallest absolute Gasteiger partial charge is 0.295 e. The Bertz CT molecular complexity index is 398. The number of nitrogens with zero attached hydrogens (tertiary/aromatic N) is 2. The molecule has 1 aromatic rings. The highest BCUT2D eigenvalue weighted by molar-refractivity contribution is 6.07. The van der Waals surface area contributed by atoms with Crippen molar-refractivity contribution in [2.45, 2.75) is 13.3 Å². The van der Waals surface area contributed by atoms with Crippen molar-refractivity contribution in [2.24, 2.45) is 0 Å². The second kappa shape index (κ2) is 3.14. The Labute approximate surface area is 81.6 Å². The van der Waals surface area contributed by atoms with E-state index in [1.807, 2.05) is 6.07 Å². The standard InChI is InChI=1S/C10H10N2O2/c1-8-7-10(13)11(12(8)14)9-5-3-2-4-6-9/h2-6H,7H2,1H3. The molecule has 1 amide bonds. The molecule has 0 bridgehead atoms. The summed E-state index contributed by atoms with van der Waals surface area (Å²) in [6, 6.07) is 8.91. The fraction of sp³-hybridized carbons (Fsp3) is 0.200. The van der Waals surface area contributed by atoms with Crippen molar-refractivity contribution in [3.8, 4) is 0 Å². The molecule has 1 aromatic carbocycles. The van der Waals surface area contributed by atoms with Gasteiger partial charge in [0.15, 0.2) is 0 Å². The molecule has 0 spiro atoms. The summed E-state index contributed by atoms with van der Waals surface area (Å²) in [5.74, 6) is -0.177. The molecule has 0 atom stereocenters. The Morgan fingerprint density at radius 2 is 2.00 bits per heavy atom. The normalized spacial score (nSPS) is 16.6. The Morgan fingerprint density at radius 1 is 1.36 bits per heavy atom. The monoisotopic (exact) mass is 190 g/mol. The van der Waals surface area contributed by atoms with E-state index in [0.29, 0.717) is 16.2 Å². The summed E-state index contributed by atoms with van der Waals surface area (Å²) in [5, 5.41) is 12.6. The molecule has 0 aliphatic carbocycles. The van der Waals surface area contributed by atoms with Crippen LogP contribution in [-0.2, 0) is 4.79 Å². The molecule has 0 fully saturated rings. The third kappa shape index (κ3) is 1.25. The van der Waals surface area contributed by atoms with Gasteiger partial charge in [0, 0.05) is 6.92 Å². The van der Waals surface area contributed by atoms with Gasteiger partial charge in [-0.3, -0.25) is 4.79 Å². The minimum atomic E-state index is -0.177. The van der Waals surface area contributed by atoms with Gasteiger partial charge in [-0.1, -0.05) is 28.1 Å². The molecule has 1 aliphatic heterocycles. The Kier molecular flexibility index (Phi) is 1.96. The maximum absolute atomic E-state index is 11.5. The van der Waals surface area contributed by atoms with E-state index in [4.69, 9.17) is 0 Å². The van der Waals surface area contributed by atoms with Crippen LogP contribution >= 0.6 is 0 Å². The van der Waals surface area contributed by atoms with Crippen LogP contribution in [0.2, 0.25) is 0 Å². The molecule has 1 aliphatic rings. The summed E-state index contributed by atoms with van der Waals surface area (Å²) >= 11 is 0. The van der Waals surface area contributed by atoms with Crippen LogP contribution < -0.4 is 5.01 Å². The number of hydrogen-bond acceptors (Lipinski definition) is 2. The highest BCUT2D eigenvalue weighted by atomic mass is 16.5. The van der Waals surface area contributed by atoms with Crippen LogP contribution in [0.4, 0.5) is 5.69 Å². The summed E-state index contributed by atoms with van der Waals surface area (Å²) in [4.78, 5) is 12.1. The second-order valence-electron chi connectivity index (χ2n) is 3.23. The molecule has 4 nitrogen and oxygen atoms in total. The predicted molar refractivity (Wildman–Crippen MR) is 52.9 cm³/mol. The Morgan fingerprint density at radius 3 is 2.50 bits per heavy atom. The van der Waals surface area contributed by atoms with Crippen molar-refractivity contribution in [2.75, 3.05) is 5.01 Å². The van der Waals surface area contributed by atoms with Gasteiger partial charge in [-0.2, -0.15) is 0 Å². The van der Waals surface area contributed by atoms with E-state index in [2.05, 4.69) is 0 Å². The zero-order valence-corrected chi connectivity index (χ0v) is 7.80. The van der Waals surface area contributed by atoms with Gasteiger partial charge >= 0.3 is 0 Å². The highest BCUT2D eigenvalue weighted by Crippen LogP contribution is 2.18. The molecule has 1 heterocycles. The third-order valence-electron chi connectivity index (χ3n) is 2.15. The van der Waals surface area contributed by atoms with E-state index in [1.54, 1.807) is 31.2 Å². The molecule has 14 heavy (non-hydrogen) atoms. The van der Waals surface area contributed by atoms with Crippen LogP contribution in [0.15, 0.2) is 30.3 Å². The van der Waals surface area contributed by atoms with Crippen molar-refractivity contribution < 1.29 is 9.64 Å². The van der Waals surface area contributed by atoms with Crippen molar-refractivity contribution in [3.05, 3.63) is 35.5 Å². The van der Waals surface area contributed by atoms with Crippen LogP contribution in [0.1, 0.15) is 13.3 Å². The van der Waals surface area contributed by atoms with Gasteiger partial charge in [0.05, 0.1) is 0 Å². The molecule has 4 heteroatoms. The first-order chi connectivity index (χ1) is 6.70. The molecule has 0 radical (unpaired) electrons. The summed E-state index contributed by atoms with van der Waals surface area (Å²) in [6.07, 6.45) is 0.207. The molecule has 0 saturated carbocycles. The van der Waals surface area contributed by atoms with Crippen molar-refractivity contribution in [1.82, 2.24) is 0 Å². The lowest BCUT2D eigenvalue weighted by molar-refractivity contribution is -0.456. The highest BCUT2D eigenvalue weighted by Gasteiger charge is 2.33. The van der Waals surface area contributed by atoms with Gasteiger partial charge in [-0.15, -0.1) is 0 Å². The summed E-state index contributed by atoms with van der Waals surface area (Å²) in [5.41, 5.74) is 1.14. The average molecular weight is 190 g/mol. The SMILES string of the molecule is CC1=[N+]([O-])N(c2ccccc2)C(=O)C1. The maximum Gasteiger partial charge on any atom is 0.295 e. The first kappa shape index (κ1) is 8.74. The van der Waals surface area contributed by atoms with E-state index >= 15 is 0 Å². The van der Waals surface area contributed by atoms with Gasteiger partial charge in [-0.25, -0.2) is 0 Å². The third-order valence-corrected chi connectivity index (χ3v) is 2.15. The van der Waals surface area contributed by atoms with E-state index in [0.717, 1.165) is 5.01 Å². The lowest BCUT2D eigenvalue weighted by Gasteiger charge is -2.13. The number of benzene rings is 1. The minimum Gasteiger partial charge on any atom is -0.596 e. The summed E-state index contributed by atoms with van der Waals surface area (Å²) < 4.78 is 0. The second-order valence-corrected chi connectivity index (χ2v) is 3.23. The topological polar surface area (TPSA) is 46.4 Å². The average Bonchev–Trinajstić information content (AvgIpc) is 2.43. The van der Waals surface area contributed by atoms with Gasteiger partial charge in [0.1, 0.15) is 12.1 Å². The van der Waals surface area contributed by atoms with Crippen LogP contribution in [0, 0.1) is 5.21 Å². The Hall–Kier alpha value is -1.84. The van der Waals surface area contributed by atoms with Crippen molar-refractivity contribution in [3.63, 3.8) is 0 Å². The molecule has 0 saturated heterocycles. The summed E-state index contributed by atoms with van der Waals surface area (Å²) in [7, 11) is 0. The fourth-order valence-electron chi connectivity index (χ4n) is 1.45. The van der Waals surface area contributed by atoms with E-state index in [9.17, 15) is 10.0 Å². The molecule has 0 N–H and O–H groups in total. The molecule has 0 unspecified atom stereocenters. The number of hydrogen-bond donors (Lipinski definition) is 0. The molecular formula is C10H10N2O2. The van der Waals surface area contributed by atoms with Crippen LogP contribution in [0.5, 0.6) is 0 Å². The quantitative estimate of drug-likeness (QED) is 0.495. The molecule has 2 rings (SSSR count). The number of hydrazone groups is 1. The zero-order chi connectivity index (χ0) is 10.1. The largest absolute Gasteiger partial charge is 0.596 e. The molecule has 0 aromatic heterocycles. The van der Waals surface area contributed by atoms with E-state index in [1.165, 1.54) is 0 Å².